The SMILES string of the molecule is CNS(=O)(=O)c1ccc(NCCOC)c(NC(=O)c2ccc(CN)cc2)c1. The van der Waals surface area contributed by atoms with Crippen LogP contribution in [0.25, 0.3) is 0 Å². The van der Waals surface area contributed by atoms with E-state index in [9.17, 15) is 13.2 Å². The number of anilines is 2. The zero-order valence-electron chi connectivity index (χ0n) is 15.3. The fourth-order valence-corrected chi connectivity index (χ4v) is 3.10. The minimum atomic E-state index is -3.64. The number of carbonyl (C=O) groups is 1. The fraction of sp³-hybridized carbons (Fsp3) is 0.278. The molecule has 0 aromatic heterocycles. The van der Waals surface area contributed by atoms with E-state index < -0.39 is 10.0 Å². The molecule has 0 aliphatic carbocycles. The molecular weight excluding hydrogens is 368 g/mol. The summed E-state index contributed by atoms with van der Waals surface area (Å²) in [6.07, 6.45) is 0. The number of amides is 1. The first-order valence-electron chi connectivity index (χ1n) is 8.32. The van der Waals surface area contributed by atoms with Gasteiger partial charge < -0.3 is 21.1 Å². The Morgan fingerprint density at radius 3 is 2.41 bits per heavy atom. The lowest BCUT2D eigenvalue weighted by molar-refractivity contribution is 0.102. The summed E-state index contributed by atoms with van der Waals surface area (Å²) in [7, 11) is -0.728. The summed E-state index contributed by atoms with van der Waals surface area (Å²) < 4.78 is 31.4. The van der Waals surface area contributed by atoms with Crippen molar-refractivity contribution in [1.29, 1.82) is 0 Å². The Kier molecular flexibility index (Phi) is 7.31. The highest BCUT2D eigenvalue weighted by Gasteiger charge is 2.16. The van der Waals surface area contributed by atoms with Gasteiger partial charge in [0.05, 0.1) is 22.9 Å². The lowest BCUT2D eigenvalue weighted by Crippen LogP contribution is -2.20. The van der Waals surface area contributed by atoms with E-state index in [2.05, 4.69) is 15.4 Å². The van der Waals surface area contributed by atoms with Crippen LogP contribution < -0.4 is 21.1 Å². The molecule has 2 aromatic rings. The number of nitrogens with one attached hydrogen (secondary N) is 3. The van der Waals surface area contributed by atoms with Crippen molar-refractivity contribution in [2.24, 2.45) is 5.73 Å². The lowest BCUT2D eigenvalue weighted by Gasteiger charge is -2.15. The van der Waals surface area contributed by atoms with Crippen LogP contribution in [0.1, 0.15) is 15.9 Å². The monoisotopic (exact) mass is 392 g/mol. The summed E-state index contributed by atoms with van der Waals surface area (Å²) >= 11 is 0. The van der Waals surface area contributed by atoms with Crippen molar-refractivity contribution >= 4 is 27.3 Å². The number of ether oxygens (including phenoxy) is 1. The zero-order valence-corrected chi connectivity index (χ0v) is 16.1. The maximum Gasteiger partial charge on any atom is 0.255 e. The second-order valence-electron chi connectivity index (χ2n) is 5.69. The van der Waals surface area contributed by atoms with E-state index in [1.54, 1.807) is 37.4 Å². The predicted molar refractivity (Wildman–Crippen MR) is 105 cm³/mol. The van der Waals surface area contributed by atoms with Gasteiger partial charge in [-0.15, -0.1) is 0 Å². The Balaban J connectivity index is 2.31. The van der Waals surface area contributed by atoms with E-state index in [4.69, 9.17) is 10.5 Å². The Labute approximate surface area is 159 Å². The van der Waals surface area contributed by atoms with Gasteiger partial charge >= 0.3 is 0 Å². The van der Waals surface area contributed by atoms with Crippen molar-refractivity contribution in [2.75, 3.05) is 37.9 Å². The number of hydrogen-bond donors (Lipinski definition) is 4. The van der Waals surface area contributed by atoms with Crippen molar-refractivity contribution in [3.8, 4) is 0 Å². The molecular formula is C18H24N4O4S. The first-order chi connectivity index (χ1) is 12.9. The molecule has 27 heavy (non-hydrogen) atoms. The van der Waals surface area contributed by atoms with Crippen LogP contribution >= 0.6 is 0 Å². The van der Waals surface area contributed by atoms with Gasteiger partial charge in [-0.3, -0.25) is 4.79 Å². The molecule has 0 fully saturated rings. The van der Waals surface area contributed by atoms with Crippen molar-refractivity contribution in [2.45, 2.75) is 11.4 Å². The molecule has 0 saturated carbocycles. The highest BCUT2D eigenvalue weighted by Crippen LogP contribution is 2.26. The maximum absolute atomic E-state index is 12.6. The molecule has 0 unspecified atom stereocenters. The van der Waals surface area contributed by atoms with Crippen LogP contribution in [0.5, 0.6) is 0 Å². The van der Waals surface area contributed by atoms with Crippen LogP contribution in [0.4, 0.5) is 11.4 Å². The molecule has 9 heteroatoms. The largest absolute Gasteiger partial charge is 0.383 e. The van der Waals surface area contributed by atoms with Gasteiger partial charge in [0, 0.05) is 25.8 Å². The second-order valence-corrected chi connectivity index (χ2v) is 7.58. The summed E-state index contributed by atoms with van der Waals surface area (Å²) in [5.41, 5.74) is 7.87. The standard InChI is InChI=1S/C18H24N4O4S/c1-20-27(24,25)15-7-8-16(21-9-10-26-2)17(11-15)22-18(23)14-5-3-13(12-19)4-6-14/h3-8,11,20-21H,9-10,12,19H2,1-2H3,(H,22,23). The van der Waals surface area contributed by atoms with Gasteiger partial charge in [0.25, 0.3) is 5.91 Å². The number of nitrogens with two attached hydrogens (primary N) is 1. The smallest absolute Gasteiger partial charge is 0.255 e. The van der Waals surface area contributed by atoms with Crippen LogP contribution in [0.15, 0.2) is 47.4 Å². The number of methoxy groups -OCH3 is 1. The maximum atomic E-state index is 12.6. The van der Waals surface area contributed by atoms with Crippen LogP contribution in [0.3, 0.4) is 0 Å². The summed E-state index contributed by atoms with van der Waals surface area (Å²) in [6.45, 7) is 1.35. The summed E-state index contributed by atoms with van der Waals surface area (Å²) in [5, 5.41) is 5.88. The van der Waals surface area contributed by atoms with Crippen LogP contribution in [0, 0.1) is 0 Å². The molecule has 0 aliphatic heterocycles. The number of hydrogen-bond acceptors (Lipinski definition) is 6. The topological polar surface area (TPSA) is 123 Å². The van der Waals surface area contributed by atoms with Crippen molar-refractivity contribution in [1.82, 2.24) is 4.72 Å². The molecule has 0 aliphatic rings. The molecule has 2 rings (SSSR count). The van der Waals surface area contributed by atoms with E-state index in [1.807, 2.05) is 0 Å². The van der Waals surface area contributed by atoms with Gasteiger partial charge in [0.15, 0.2) is 0 Å². The molecule has 0 saturated heterocycles. The van der Waals surface area contributed by atoms with Gasteiger partial charge in [-0.05, 0) is 42.9 Å². The molecule has 0 spiro atoms. The lowest BCUT2D eigenvalue weighted by atomic mass is 10.1. The summed E-state index contributed by atoms with van der Waals surface area (Å²) in [5.74, 6) is -0.354. The van der Waals surface area contributed by atoms with Gasteiger partial charge in [-0.25, -0.2) is 13.1 Å². The number of benzene rings is 2. The van der Waals surface area contributed by atoms with Gasteiger partial charge in [0.2, 0.25) is 10.0 Å². The Bertz CT molecular complexity index is 883. The average molecular weight is 392 g/mol. The third-order valence-electron chi connectivity index (χ3n) is 3.89. The first kappa shape index (κ1) is 20.8. The second kappa shape index (κ2) is 9.47. The Morgan fingerprint density at radius 1 is 1.11 bits per heavy atom. The highest BCUT2D eigenvalue weighted by molar-refractivity contribution is 7.89. The molecule has 2 aromatic carbocycles. The molecule has 1 amide bonds. The molecule has 0 radical (unpaired) electrons. The quantitative estimate of drug-likeness (QED) is 0.478. The van der Waals surface area contributed by atoms with E-state index >= 15 is 0 Å². The van der Waals surface area contributed by atoms with E-state index in [1.165, 1.54) is 19.2 Å². The third kappa shape index (κ3) is 5.51. The minimum Gasteiger partial charge on any atom is -0.383 e. The van der Waals surface area contributed by atoms with Crippen molar-refractivity contribution in [3.63, 3.8) is 0 Å². The van der Waals surface area contributed by atoms with Gasteiger partial charge in [-0.2, -0.15) is 0 Å². The normalized spacial score (nSPS) is 11.2. The van der Waals surface area contributed by atoms with Crippen molar-refractivity contribution < 1.29 is 17.9 Å². The van der Waals surface area contributed by atoms with E-state index in [-0.39, 0.29) is 10.8 Å². The van der Waals surface area contributed by atoms with E-state index in [0.717, 1.165) is 5.56 Å². The Hall–Kier alpha value is -2.46. The van der Waals surface area contributed by atoms with Crippen molar-refractivity contribution in [3.05, 3.63) is 53.6 Å². The highest BCUT2D eigenvalue weighted by atomic mass is 32.2. The fourth-order valence-electron chi connectivity index (χ4n) is 2.34. The van der Waals surface area contributed by atoms with Gasteiger partial charge in [-0.1, -0.05) is 12.1 Å². The first-order valence-corrected chi connectivity index (χ1v) is 9.80. The number of carbonyl (C=O) groups excluding carboxylic acids is 1. The van der Waals surface area contributed by atoms with Crippen LogP contribution in [-0.2, 0) is 21.3 Å². The Morgan fingerprint density at radius 2 is 1.81 bits per heavy atom. The predicted octanol–water partition coefficient (Wildman–Crippen LogP) is 1.36. The molecule has 0 bridgehead atoms. The average Bonchev–Trinajstić information content (AvgIpc) is 2.69. The molecule has 5 N–H and O–H groups in total. The minimum absolute atomic E-state index is 0.0519. The van der Waals surface area contributed by atoms with Crippen LogP contribution in [0.2, 0.25) is 0 Å². The summed E-state index contributed by atoms with van der Waals surface area (Å²) in [6, 6.07) is 11.4. The third-order valence-corrected chi connectivity index (χ3v) is 5.30. The number of rotatable bonds is 9. The van der Waals surface area contributed by atoms with E-state index in [0.29, 0.717) is 36.6 Å². The number of sulfonamides is 1. The molecule has 8 nitrogen and oxygen atoms in total. The van der Waals surface area contributed by atoms with Crippen LogP contribution in [-0.4, -0.2) is 41.6 Å². The molecule has 0 heterocycles. The van der Waals surface area contributed by atoms with Gasteiger partial charge in [0.1, 0.15) is 0 Å². The summed E-state index contributed by atoms with van der Waals surface area (Å²) in [4.78, 5) is 12.6. The molecule has 146 valence electrons. The molecule has 0 atom stereocenters. The zero-order chi connectivity index (χ0) is 19.9.